The van der Waals surface area contributed by atoms with E-state index < -0.39 is 14.9 Å². The third kappa shape index (κ3) is 6.04. The Morgan fingerprint density at radius 3 is 2.47 bits per heavy atom. The molecule has 3 rings (SSSR count). The average Bonchev–Trinajstić information content (AvgIpc) is 3.08. The molecule has 0 unspecified atom stereocenters. The van der Waals surface area contributed by atoms with Crippen LogP contribution in [-0.2, 0) is 32.3 Å². The van der Waals surface area contributed by atoms with Crippen LogP contribution in [0.5, 0.6) is 5.75 Å². The molecule has 0 aliphatic carbocycles. The molecule has 0 saturated carbocycles. The van der Waals surface area contributed by atoms with Gasteiger partial charge in [0.2, 0.25) is 5.91 Å². The molecule has 0 saturated heterocycles. The van der Waals surface area contributed by atoms with Crippen molar-refractivity contribution >= 4 is 26.6 Å². The van der Waals surface area contributed by atoms with Crippen LogP contribution in [0.1, 0.15) is 28.8 Å². The van der Waals surface area contributed by atoms with Gasteiger partial charge in [0.1, 0.15) is 5.75 Å². The smallest absolute Gasteiger partial charge is 0.294 e. The second-order valence-electron chi connectivity index (χ2n) is 7.93. The second kappa shape index (κ2) is 10.6. The van der Waals surface area contributed by atoms with Gasteiger partial charge in [0.25, 0.3) is 5.09 Å². The highest BCUT2D eigenvalue weighted by atomic mass is 32.2. The molecule has 11 heteroatoms. The third-order valence-electron chi connectivity index (χ3n) is 5.48. The highest BCUT2D eigenvalue weighted by Gasteiger charge is 2.19. The number of aromatic nitrogens is 1. The number of carbonyl (C=O) groups excluding carboxylic acids is 1. The number of H-pyrrole nitrogens is 1. The summed E-state index contributed by atoms with van der Waals surface area (Å²) in [6.07, 6.45) is 2.09. The van der Waals surface area contributed by atoms with Crippen LogP contribution in [0, 0.1) is 17.0 Å². The van der Waals surface area contributed by atoms with Gasteiger partial charge in [0.05, 0.1) is 25.0 Å². The lowest BCUT2D eigenvalue weighted by molar-refractivity contribution is -0.757. The molecule has 0 radical (unpaired) electrons. The van der Waals surface area contributed by atoms with Crippen LogP contribution >= 0.6 is 0 Å². The first-order valence-corrected chi connectivity index (χ1v) is 12.5. The van der Waals surface area contributed by atoms with E-state index >= 15 is 0 Å². The normalized spacial score (nSPS) is 11.4. The van der Waals surface area contributed by atoms with Gasteiger partial charge in [-0.1, -0.05) is 12.1 Å². The largest absolute Gasteiger partial charge is 0.496 e. The lowest BCUT2D eigenvalue weighted by Crippen LogP contribution is -2.27. The first-order valence-electron chi connectivity index (χ1n) is 10.6. The van der Waals surface area contributed by atoms with E-state index in [-0.39, 0.29) is 30.4 Å². The van der Waals surface area contributed by atoms with Crippen LogP contribution in [0.3, 0.4) is 0 Å². The topological polar surface area (TPSA) is 141 Å². The fraction of sp³-hybridized carbons (Fsp3) is 0.348. The fourth-order valence-electron chi connectivity index (χ4n) is 3.85. The standard InChI is InChI=1S/C23H27N3O7S/c1-15-18(14-22(27)24-11-4-12-33-26(28)29)23-19(21(32-2)10-9-20(23)25-15)13-16-5-7-17(8-6-16)34(3,30)31/h5-10,25H,4,11-14H2,1-3H3,(H,24,27). The number of amides is 1. The Balaban J connectivity index is 1.87. The molecular weight excluding hydrogens is 462 g/mol. The third-order valence-corrected chi connectivity index (χ3v) is 6.60. The van der Waals surface area contributed by atoms with Crippen LogP contribution in [0.25, 0.3) is 10.9 Å². The van der Waals surface area contributed by atoms with Crippen LogP contribution in [0.2, 0.25) is 0 Å². The maximum absolute atomic E-state index is 12.6. The van der Waals surface area contributed by atoms with Gasteiger partial charge in [-0.25, -0.2) is 8.42 Å². The minimum Gasteiger partial charge on any atom is -0.496 e. The molecule has 0 atom stereocenters. The predicted molar refractivity (Wildman–Crippen MR) is 126 cm³/mol. The highest BCUT2D eigenvalue weighted by Crippen LogP contribution is 2.34. The van der Waals surface area contributed by atoms with E-state index in [0.717, 1.165) is 33.3 Å². The van der Waals surface area contributed by atoms with Crippen LogP contribution in [0.15, 0.2) is 41.3 Å². The first kappa shape index (κ1) is 25.0. The Hall–Kier alpha value is -3.60. The summed E-state index contributed by atoms with van der Waals surface area (Å²) in [5, 5.41) is 13.0. The minimum atomic E-state index is -3.29. The number of carbonyl (C=O) groups is 1. The summed E-state index contributed by atoms with van der Waals surface area (Å²) in [7, 11) is -1.71. The van der Waals surface area contributed by atoms with Gasteiger partial charge in [-0.3, -0.25) is 4.79 Å². The molecule has 1 amide bonds. The molecular formula is C23H27N3O7S. The van der Waals surface area contributed by atoms with Gasteiger partial charge in [-0.15, -0.1) is 10.1 Å². The van der Waals surface area contributed by atoms with Crippen molar-refractivity contribution in [1.29, 1.82) is 0 Å². The highest BCUT2D eigenvalue weighted by molar-refractivity contribution is 7.90. The summed E-state index contributed by atoms with van der Waals surface area (Å²) in [4.78, 5) is 30.6. The number of aryl methyl sites for hydroxylation is 1. The number of benzene rings is 2. The molecule has 34 heavy (non-hydrogen) atoms. The Morgan fingerprint density at radius 2 is 1.85 bits per heavy atom. The number of sulfone groups is 1. The summed E-state index contributed by atoms with van der Waals surface area (Å²) < 4.78 is 29.1. The van der Waals surface area contributed by atoms with E-state index in [1.807, 2.05) is 19.1 Å². The van der Waals surface area contributed by atoms with Crippen molar-refractivity contribution in [3.8, 4) is 5.75 Å². The molecule has 1 aromatic heterocycles. The molecule has 1 heterocycles. The fourth-order valence-corrected chi connectivity index (χ4v) is 4.48. The lowest BCUT2D eigenvalue weighted by atomic mass is 9.96. The maximum Gasteiger partial charge on any atom is 0.294 e. The summed E-state index contributed by atoms with van der Waals surface area (Å²) in [5.41, 5.74) is 4.33. The molecule has 182 valence electrons. The van der Waals surface area contributed by atoms with Crippen molar-refractivity contribution in [2.45, 2.75) is 31.1 Å². The SMILES string of the molecule is COc1ccc2[nH]c(C)c(CC(=O)NCCCO[N+](=O)[O-])c2c1Cc1ccc(S(C)(=O)=O)cc1. The Kier molecular flexibility index (Phi) is 7.77. The van der Waals surface area contributed by atoms with Crippen molar-refractivity contribution in [3.63, 3.8) is 0 Å². The summed E-state index contributed by atoms with van der Waals surface area (Å²) >= 11 is 0. The van der Waals surface area contributed by atoms with Gasteiger partial charge in [-0.05, 0) is 48.7 Å². The van der Waals surface area contributed by atoms with Crippen molar-refractivity contribution < 1.29 is 27.9 Å². The van der Waals surface area contributed by atoms with Gasteiger partial charge >= 0.3 is 0 Å². The number of nitrogens with zero attached hydrogens (tertiary/aromatic N) is 1. The van der Waals surface area contributed by atoms with Crippen LogP contribution in [-0.4, -0.2) is 50.9 Å². The number of aromatic amines is 1. The zero-order valence-electron chi connectivity index (χ0n) is 19.2. The van der Waals surface area contributed by atoms with Crippen molar-refractivity contribution in [1.82, 2.24) is 10.3 Å². The lowest BCUT2D eigenvalue weighted by Gasteiger charge is -2.13. The van der Waals surface area contributed by atoms with Crippen molar-refractivity contribution in [3.05, 3.63) is 68.9 Å². The van der Waals surface area contributed by atoms with Crippen molar-refractivity contribution in [2.24, 2.45) is 0 Å². The van der Waals surface area contributed by atoms with E-state index in [0.29, 0.717) is 18.6 Å². The molecule has 0 bridgehead atoms. The Labute approximate surface area is 197 Å². The Morgan fingerprint density at radius 1 is 1.15 bits per heavy atom. The quantitative estimate of drug-likeness (QED) is 0.240. The molecule has 10 nitrogen and oxygen atoms in total. The van der Waals surface area contributed by atoms with E-state index in [9.17, 15) is 23.3 Å². The summed E-state index contributed by atoms with van der Waals surface area (Å²) in [6, 6.07) is 10.5. The maximum atomic E-state index is 12.6. The van der Waals surface area contributed by atoms with Gasteiger partial charge < -0.3 is 19.9 Å². The van der Waals surface area contributed by atoms with E-state index in [2.05, 4.69) is 15.1 Å². The molecule has 0 spiro atoms. The molecule has 0 fully saturated rings. The van der Waals surface area contributed by atoms with E-state index in [1.54, 1.807) is 31.4 Å². The monoisotopic (exact) mass is 489 g/mol. The zero-order chi connectivity index (χ0) is 24.9. The summed E-state index contributed by atoms with van der Waals surface area (Å²) in [6.45, 7) is 2.07. The van der Waals surface area contributed by atoms with E-state index in [1.165, 1.54) is 6.26 Å². The molecule has 0 aliphatic heterocycles. The number of rotatable bonds is 11. The van der Waals surface area contributed by atoms with Gasteiger partial charge in [0.15, 0.2) is 9.84 Å². The van der Waals surface area contributed by atoms with Crippen LogP contribution < -0.4 is 10.1 Å². The number of methoxy groups -OCH3 is 1. The Bertz CT molecular complexity index is 1300. The zero-order valence-corrected chi connectivity index (χ0v) is 20.0. The number of fused-ring (bicyclic) bond motifs is 1. The number of hydrogen-bond donors (Lipinski definition) is 2. The average molecular weight is 490 g/mol. The number of ether oxygens (including phenoxy) is 1. The number of hydrogen-bond acceptors (Lipinski definition) is 7. The molecule has 3 aromatic rings. The van der Waals surface area contributed by atoms with Gasteiger partial charge in [-0.2, -0.15) is 0 Å². The van der Waals surface area contributed by atoms with Gasteiger partial charge in [0, 0.05) is 41.4 Å². The minimum absolute atomic E-state index is 0.0845. The van der Waals surface area contributed by atoms with Crippen LogP contribution in [0.4, 0.5) is 0 Å². The first-order chi connectivity index (χ1) is 16.1. The molecule has 0 aliphatic rings. The molecule has 2 aromatic carbocycles. The van der Waals surface area contributed by atoms with Crippen molar-refractivity contribution in [2.75, 3.05) is 26.5 Å². The number of nitrogens with one attached hydrogen (secondary N) is 2. The van der Waals surface area contributed by atoms with E-state index in [4.69, 9.17) is 4.74 Å². The summed E-state index contributed by atoms with van der Waals surface area (Å²) in [5.74, 6) is 0.452. The molecule has 2 N–H and O–H groups in total. The second-order valence-corrected chi connectivity index (χ2v) is 9.94. The predicted octanol–water partition coefficient (Wildman–Crippen LogP) is 2.74.